The van der Waals surface area contributed by atoms with Crippen LogP contribution in [-0.2, 0) is 6.54 Å². The van der Waals surface area contributed by atoms with E-state index in [0.717, 1.165) is 34.4 Å². The molecule has 0 aliphatic heterocycles. The summed E-state index contributed by atoms with van der Waals surface area (Å²) in [6.07, 6.45) is 0.496. The Morgan fingerprint density at radius 1 is 0.979 bits per heavy atom. The smallest absolute Gasteiger partial charge is 0.255 e. The number of halogens is 3. The molecule has 0 bridgehead atoms. The number of rotatable bonds is 10. The summed E-state index contributed by atoms with van der Waals surface area (Å²) in [5.41, 5.74) is 0.734. The van der Waals surface area contributed by atoms with Crippen molar-refractivity contribution in [3.05, 3.63) is 131 Å². The highest BCUT2D eigenvalue weighted by Crippen LogP contribution is 2.36. The number of nitriles is 1. The van der Waals surface area contributed by atoms with E-state index in [4.69, 9.17) is 14.0 Å². The van der Waals surface area contributed by atoms with Gasteiger partial charge in [0, 0.05) is 34.7 Å². The van der Waals surface area contributed by atoms with Crippen LogP contribution >= 0.6 is 11.9 Å². The van der Waals surface area contributed by atoms with Crippen LogP contribution in [0.4, 0.5) is 19.0 Å². The van der Waals surface area contributed by atoms with Crippen LogP contribution in [0.3, 0.4) is 0 Å². The van der Waals surface area contributed by atoms with Crippen molar-refractivity contribution in [1.82, 2.24) is 9.72 Å². The average molecular weight is 655 g/mol. The molecule has 0 aliphatic rings. The Bertz CT molecular complexity index is 2150. The highest BCUT2D eigenvalue weighted by molar-refractivity contribution is 8.00. The standard InChI is InChI=1S/C35H25F3N4O4S/c1-21(19-39)46-33-17-29(24-13-25(36)16-26(37)14-24)30(38)18-32(33)42-31-9-8-28(15-23(31)5-10-35(42)43)47-41(34-11-12-45-40-34)20-22-3-6-27(44-2)7-4-22/h3-18,21H,20H2,1-2H3. The number of ether oxygens (including phenoxy) is 2. The van der Waals surface area contributed by atoms with Crippen molar-refractivity contribution in [2.24, 2.45) is 0 Å². The molecule has 1 unspecified atom stereocenters. The molecule has 6 rings (SSSR count). The van der Waals surface area contributed by atoms with Crippen molar-refractivity contribution >= 4 is 28.7 Å². The third-order valence-corrected chi connectivity index (χ3v) is 8.20. The lowest BCUT2D eigenvalue weighted by Gasteiger charge is -2.21. The van der Waals surface area contributed by atoms with E-state index in [1.54, 1.807) is 25.3 Å². The maximum atomic E-state index is 15.7. The lowest BCUT2D eigenvalue weighted by atomic mass is 10.0. The Labute approximate surface area is 271 Å². The Morgan fingerprint density at radius 2 is 1.74 bits per heavy atom. The summed E-state index contributed by atoms with van der Waals surface area (Å²) in [4.78, 5) is 14.2. The summed E-state index contributed by atoms with van der Waals surface area (Å²) in [5.74, 6) is -1.31. The van der Waals surface area contributed by atoms with Gasteiger partial charge in [-0.1, -0.05) is 17.3 Å². The maximum absolute atomic E-state index is 15.7. The monoisotopic (exact) mass is 654 g/mol. The van der Waals surface area contributed by atoms with Crippen LogP contribution in [0.5, 0.6) is 11.5 Å². The van der Waals surface area contributed by atoms with Crippen molar-refractivity contribution < 1.29 is 27.2 Å². The first-order valence-corrected chi connectivity index (χ1v) is 15.0. The van der Waals surface area contributed by atoms with Crippen molar-refractivity contribution in [1.29, 1.82) is 5.26 Å². The van der Waals surface area contributed by atoms with E-state index < -0.39 is 29.1 Å². The Kier molecular flexibility index (Phi) is 8.90. The number of nitrogens with zero attached hydrogens (tertiary/aromatic N) is 4. The van der Waals surface area contributed by atoms with E-state index in [0.29, 0.717) is 29.3 Å². The number of methoxy groups -OCH3 is 1. The zero-order valence-electron chi connectivity index (χ0n) is 25.0. The molecule has 0 saturated heterocycles. The van der Waals surface area contributed by atoms with Crippen LogP contribution in [-0.4, -0.2) is 22.9 Å². The molecule has 0 radical (unpaired) electrons. The first-order chi connectivity index (χ1) is 22.7. The van der Waals surface area contributed by atoms with Gasteiger partial charge in [-0.05, 0) is 90.0 Å². The highest BCUT2D eigenvalue weighted by atomic mass is 32.2. The molecule has 47 heavy (non-hydrogen) atoms. The molecule has 6 aromatic rings. The molecule has 1 atom stereocenters. The van der Waals surface area contributed by atoms with Gasteiger partial charge in [0.05, 0.1) is 24.9 Å². The van der Waals surface area contributed by atoms with Gasteiger partial charge in [0.2, 0.25) is 0 Å². The fourth-order valence-electron chi connectivity index (χ4n) is 5.01. The molecule has 0 saturated carbocycles. The third-order valence-electron chi connectivity index (χ3n) is 7.19. The summed E-state index contributed by atoms with van der Waals surface area (Å²) >= 11 is 1.40. The zero-order chi connectivity index (χ0) is 33.1. The van der Waals surface area contributed by atoms with Gasteiger partial charge in [0.25, 0.3) is 5.56 Å². The number of hydrogen-bond donors (Lipinski definition) is 0. The molecular formula is C35H25F3N4O4S. The topological polar surface area (TPSA) is 93.5 Å². The number of pyridine rings is 1. The maximum Gasteiger partial charge on any atom is 0.255 e. The predicted octanol–water partition coefficient (Wildman–Crippen LogP) is 8.08. The van der Waals surface area contributed by atoms with Gasteiger partial charge in [0.1, 0.15) is 41.3 Å². The molecule has 0 amide bonds. The van der Waals surface area contributed by atoms with Gasteiger partial charge in [-0.3, -0.25) is 13.7 Å². The minimum absolute atomic E-state index is 0.0185. The van der Waals surface area contributed by atoms with Crippen molar-refractivity contribution in [2.45, 2.75) is 24.5 Å². The minimum atomic E-state index is -0.988. The number of fused-ring (bicyclic) bond motifs is 1. The second-order valence-electron chi connectivity index (χ2n) is 10.4. The first kappa shape index (κ1) is 31.3. The number of hydrogen-bond acceptors (Lipinski definition) is 8. The average Bonchev–Trinajstić information content (AvgIpc) is 3.60. The Morgan fingerprint density at radius 3 is 2.43 bits per heavy atom. The van der Waals surface area contributed by atoms with E-state index in [9.17, 15) is 18.8 Å². The highest BCUT2D eigenvalue weighted by Gasteiger charge is 2.20. The van der Waals surface area contributed by atoms with Crippen LogP contribution in [0.25, 0.3) is 27.7 Å². The van der Waals surface area contributed by atoms with Gasteiger partial charge in [-0.15, -0.1) is 0 Å². The second kappa shape index (κ2) is 13.4. The molecular weight excluding hydrogens is 629 g/mol. The van der Waals surface area contributed by atoms with Crippen LogP contribution in [0.15, 0.2) is 111 Å². The lowest BCUT2D eigenvalue weighted by Crippen LogP contribution is -2.20. The van der Waals surface area contributed by atoms with E-state index in [1.807, 2.05) is 46.8 Å². The third kappa shape index (κ3) is 6.80. The number of aromatic nitrogens is 2. The summed E-state index contributed by atoms with van der Waals surface area (Å²) in [6.45, 7) is 1.97. The molecule has 0 N–H and O–H groups in total. The van der Waals surface area contributed by atoms with Crippen molar-refractivity contribution in [3.8, 4) is 34.4 Å². The van der Waals surface area contributed by atoms with Gasteiger partial charge >= 0.3 is 0 Å². The Balaban J connectivity index is 1.41. The van der Waals surface area contributed by atoms with Gasteiger partial charge < -0.3 is 14.0 Å². The molecule has 0 fully saturated rings. The molecule has 2 aromatic heterocycles. The first-order valence-electron chi connectivity index (χ1n) is 14.2. The molecule has 12 heteroatoms. The Hall–Kier alpha value is -5.67. The van der Waals surface area contributed by atoms with Crippen LogP contribution in [0.1, 0.15) is 12.5 Å². The van der Waals surface area contributed by atoms with Crippen LogP contribution in [0, 0.1) is 28.8 Å². The molecule has 2 heterocycles. The van der Waals surface area contributed by atoms with Gasteiger partial charge in [0.15, 0.2) is 11.9 Å². The second-order valence-corrected chi connectivity index (χ2v) is 11.5. The van der Waals surface area contributed by atoms with E-state index >= 15 is 4.39 Å². The fraction of sp³-hybridized carbons (Fsp3) is 0.114. The molecule has 236 valence electrons. The summed E-state index contributed by atoms with van der Waals surface area (Å²) in [6, 6.07) is 24.7. The summed E-state index contributed by atoms with van der Waals surface area (Å²) in [5, 5.41) is 14.2. The largest absolute Gasteiger partial charge is 0.497 e. The van der Waals surface area contributed by atoms with Crippen LogP contribution < -0.4 is 19.3 Å². The SMILES string of the molecule is COc1ccc(CN(Sc2ccc3c(ccc(=O)n3-c3cc(F)c(-c4cc(F)cc(F)c4)cc3OC(C)C#N)c2)c2ccon2)cc1. The molecule has 0 spiro atoms. The van der Waals surface area contributed by atoms with E-state index in [1.165, 1.54) is 41.8 Å². The fourth-order valence-corrected chi connectivity index (χ4v) is 5.97. The minimum Gasteiger partial charge on any atom is -0.497 e. The molecule has 8 nitrogen and oxygen atoms in total. The number of anilines is 1. The predicted molar refractivity (Wildman–Crippen MR) is 172 cm³/mol. The molecule has 4 aromatic carbocycles. The lowest BCUT2D eigenvalue weighted by molar-refractivity contribution is 0.275. The normalized spacial score (nSPS) is 11.7. The van der Waals surface area contributed by atoms with Crippen LogP contribution in [0.2, 0.25) is 0 Å². The summed E-state index contributed by atoms with van der Waals surface area (Å²) in [7, 11) is 1.60. The van der Waals surface area contributed by atoms with Crippen molar-refractivity contribution in [3.63, 3.8) is 0 Å². The van der Waals surface area contributed by atoms with E-state index in [-0.39, 0.29) is 22.6 Å². The van der Waals surface area contributed by atoms with Gasteiger partial charge in [-0.2, -0.15) is 5.26 Å². The zero-order valence-corrected chi connectivity index (χ0v) is 25.8. The summed E-state index contributed by atoms with van der Waals surface area (Å²) < 4.78 is 63.1. The molecule has 0 aliphatic carbocycles. The number of benzene rings is 4. The van der Waals surface area contributed by atoms with Crippen molar-refractivity contribution in [2.75, 3.05) is 11.4 Å². The van der Waals surface area contributed by atoms with Gasteiger partial charge in [-0.25, -0.2) is 13.2 Å². The quantitative estimate of drug-likeness (QED) is 0.137. The van der Waals surface area contributed by atoms with E-state index in [2.05, 4.69) is 5.16 Å².